The minimum atomic E-state index is -0.471. The summed E-state index contributed by atoms with van der Waals surface area (Å²) in [5.41, 5.74) is 0. The van der Waals surface area contributed by atoms with E-state index in [1.165, 1.54) is 15.7 Å². The molecule has 2 saturated heterocycles. The molecule has 0 radical (unpaired) electrons. The molecule has 4 rings (SSSR count). The molecule has 0 aromatic carbocycles. The number of hydrogen-bond donors (Lipinski definition) is 1. The van der Waals surface area contributed by atoms with Crippen molar-refractivity contribution < 1.29 is 14.8 Å². The standard InChI is InChI=1S/C15H21N5O4S/c21-11(12-2-1-8-24-12)10-17-3-5-18(6-4-17)13-14(20(22)23)19-7-9-25-15(19)16-13/h7,9,11-12,21H,1-6,8,10H2/t11-,12+/m0/s1. The van der Waals surface area contributed by atoms with E-state index in [1.54, 1.807) is 11.6 Å². The maximum Gasteiger partial charge on any atom is 0.373 e. The van der Waals surface area contributed by atoms with Gasteiger partial charge in [0.25, 0.3) is 4.96 Å². The van der Waals surface area contributed by atoms with E-state index in [1.807, 2.05) is 4.90 Å². The predicted octanol–water partition coefficient (Wildman–Crippen LogP) is 0.966. The Bertz CT molecular complexity index is 748. The van der Waals surface area contributed by atoms with Crippen LogP contribution in [0.15, 0.2) is 11.6 Å². The van der Waals surface area contributed by atoms with Crippen LogP contribution in [0.5, 0.6) is 0 Å². The summed E-state index contributed by atoms with van der Waals surface area (Å²) in [7, 11) is 0. The van der Waals surface area contributed by atoms with Gasteiger partial charge in [-0.3, -0.25) is 4.90 Å². The summed E-state index contributed by atoms with van der Waals surface area (Å²) >= 11 is 1.39. The highest BCUT2D eigenvalue weighted by atomic mass is 32.1. The highest BCUT2D eigenvalue weighted by Crippen LogP contribution is 2.31. The molecule has 2 atom stereocenters. The molecule has 2 aliphatic heterocycles. The number of piperazine rings is 1. The first kappa shape index (κ1) is 16.7. The third kappa shape index (κ3) is 3.22. The van der Waals surface area contributed by atoms with Gasteiger partial charge in [-0.15, -0.1) is 0 Å². The van der Waals surface area contributed by atoms with Crippen LogP contribution in [0, 0.1) is 10.1 Å². The Morgan fingerprint density at radius 2 is 2.24 bits per heavy atom. The number of nitrogens with zero attached hydrogens (tertiary/aromatic N) is 5. The van der Waals surface area contributed by atoms with Crippen LogP contribution in [-0.4, -0.2) is 75.9 Å². The number of β-amino-alcohol motifs (C(OH)–C–C–N with tert-alkyl or cyclic N) is 1. The molecule has 0 amide bonds. The molecule has 0 unspecified atom stereocenters. The van der Waals surface area contributed by atoms with Gasteiger partial charge >= 0.3 is 5.82 Å². The number of aliphatic hydroxyl groups excluding tert-OH is 1. The van der Waals surface area contributed by atoms with Crippen molar-refractivity contribution in [2.75, 3.05) is 44.2 Å². The summed E-state index contributed by atoms with van der Waals surface area (Å²) in [4.78, 5) is 20.3. The molecule has 2 aromatic heterocycles. The average molecular weight is 367 g/mol. The number of aromatic nitrogens is 2. The molecule has 0 aliphatic carbocycles. The van der Waals surface area contributed by atoms with Crippen molar-refractivity contribution in [1.29, 1.82) is 0 Å². The van der Waals surface area contributed by atoms with Crippen molar-refractivity contribution >= 4 is 27.9 Å². The third-order valence-electron chi connectivity index (χ3n) is 4.90. The third-order valence-corrected chi connectivity index (χ3v) is 5.66. The van der Waals surface area contributed by atoms with E-state index in [4.69, 9.17) is 4.74 Å². The maximum absolute atomic E-state index is 11.5. The van der Waals surface area contributed by atoms with Gasteiger partial charge in [0.15, 0.2) is 0 Å². The van der Waals surface area contributed by atoms with Crippen LogP contribution in [-0.2, 0) is 4.74 Å². The largest absolute Gasteiger partial charge is 0.389 e. The highest BCUT2D eigenvalue weighted by molar-refractivity contribution is 7.15. The molecule has 9 nitrogen and oxygen atoms in total. The molecule has 25 heavy (non-hydrogen) atoms. The fraction of sp³-hybridized carbons (Fsp3) is 0.667. The average Bonchev–Trinajstić information content (AvgIpc) is 3.31. The smallest absolute Gasteiger partial charge is 0.373 e. The molecular weight excluding hydrogens is 346 g/mol. The zero-order valence-corrected chi connectivity index (χ0v) is 14.6. The number of rotatable bonds is 5. The van der Waals surface area contributed by atoms with Crippen LogP contribution in [0.3, 0.4) is 0 Å². The lowest BCUT2D eigenvalue weighted by Gasteiger charge is -2.36. The fourth-order valence-electron chi connectivity index (χ4n) is 3.57. The molecular formula is C15H21N5O4S. The van der Waals surface area contributed by atoms with Crippen LogP contribution in [0.2, 0.25) is 0 Å². The van der Waals surface area contributed by atoms with E-state index in [2.05, 4.69) is 9.88 Å². The van der Waals surface area contributed by atoms with Gasteiger partial charge < -0.3 is 24.9 Å². The number of fused-ring (bicyclic) bond motifs is 1. The quantitative estimate of drug-likeness (QED) is 0.621. The lowest BCUT2D eigenvalue weighted by atomic mass is 10.1. The Balaban J connectivity index is 1.41. The van der Waals surface area contributed by atoms with Crippen LogP contribution >= 0.6 is 11.3 Å². The van der Waals surface area contributed by atoms with E-state index in [0.717, 1.165) is 32.5 Å². The van der Waals surface area contributed by atoms with Gasteiger partial charge in [-0.25, -0.2) is 0 Å². The molecule has 0 bridgehead atoms. The monoisotopic (exact) mass is 367 g/mol. The Morgan fingerprint density at radius 3 is 2.92 bits per heavy atom. The maximum atomic E-state index is 11.5. The predicted molar refractivity (Wildman–Crippen MR) is 93.4 cm³/mol. The van der Waals surface area contributed by atoms with Crippen molar-refractivity contribution in [2.24, 2.45) is 0 Å². The van der Waals surface area contributed by atoms with E-state index in [9.17, 15) is 15.2 Å². The van der Waals surface area contributed by atoms with Gasteiger partial charge in [-0.1, -0.05) is 11.3 Å². The lowest BCUT2D eigenvalue weighted by molar-refractivity contribution is -0.389. The highest BCUT2D eigenvalue weighted by Gasteiger charge is 2.31. The number of aliphatic hydroxyl groups is 1. The van der Waals surface area contributed by atoms with Crippen molar-refractivity contribution in [2.45, 2.75) is 25.0 Å². The molecule has 10 heteroatoms. The number of imidazole rings is 1. The topological polar surface area (TPSA) is 96.4 Å². The summed E-state index contributed by atoms with van der Waals surface area (Å²) in [5.74, 6) is 0.472. The van der Waals surface area contributed by atoms with Crippen LogP contribution < -0.4 is 4.90 Å². The van der Waals surface area contributed by atoms with Crippen molar-refractivity contribution in [3.63, 3.8) is 0 Å². The second-order valence-electron chi connectivity index (χ2n) is 6.48. The lowest BCUT2D eigenvalue weighted by Crippen LogP contribution is -2.50. The van der Waals surface area contributed by atoms with Gasteiger partial charge in [-0.05, 0) is 17.8 Å². The molecule has 2 aliphatic rings. The number of hydrogen-bond acceptors (Lipinski definition) is 8. The Labute approximate surface area is 148 Å². The first-order valence-corrected chi connectivity index (χ1v) is 9.38. The van der Waals surface area contributed by atoms with Crippen molar-refractivity contribution in [3.05, 3.63) is 21.7 Å². The molecule has 0 spiro atoms. The molecule has 136 valence electrons. The van der Waals surface area contributed by atoms with Crippen LogP contribution in [0.1, 0.15) is 12.8 Å². The SMILES string of the molecule is O=[N+]([O-])c1c(N2CCN(C[C@H](O)[C@H]3CCCO3)CC2)nc2sccn12. The van der Waals surface area contributed by atoms with E-state index >= 15 is 0 Å². The van der Waals surface area contributed by atoms with Crippen LogP contribution in [0.4, 0.5) is 11.6 Å². The van der Waals surface area contributed by atoms with E-state index < -0.39 is 6.10 Å². The number of nitro groups is 1. The fourth-order valence-corrected chi connectivity index (χ4v) is 4.28. The second kappa shape index (κ2) is 6.87. The summed E-state index contributed by atoms with van der Waals surface area (Å²) in [6.07, 6.45) is 3.08. The van der Waals surface area contributed by atoms with Gasteiger partial charge in [0.05, 0.1) is 12.2 Å². The Morgan fingerprint density at radius 1 is 1.44 bits per heavy atom. The van der Waals surface area contributed by atoms with Crippen LogP contribution in [0.25, 0.3) is 4.96 Å². The minimum absolute atomic E-state index is 0.0316. The Kier molecular flexibility index (Phi) is 4.59. The van der Waals surface area contributed by atoms with Gasteiger partial charge in [0, 0.05) is 44.7 Å². The Hall–Kier alpha value is -1.75. The molecule has 4 heterocycles. The summed E-state index contributed by atoms with van der Waals surface area (Å²) in [6.45, 7) is 4.11. The molecule has 2 aromatic rings. The van der Waals surface area contributed by atoms with E-state index in [0.29, 0.717) is 30.4 Å². The molecule has 1 N–H and O–H groups in total. The number of ether oxygens (including phenoxy) is 1. The van der Waals surface area contributed by atoms with Gasteiger partial charge in [-0.2, -0.15) is 9.38 Å². The normalized spacial score (nSPS) is 23.4. The zero-order valence-electron chi connectivity index (χ0n) is 13.8. The van der Waals surface area contributed by atoms with Crippen molar-refractivity contribution in [3.8, 4) is 0 Å². The van der Waals surface area contributed by atoms with Crippen molar-refractivity contribution in [1.82, 2.24) is 14.3 Å². The minimum Gasteiger partial charge on any atom is -0.389 e. The molecule has 2 fully saturated rings. The zero-order chi connectivity index (χ0) is 17.4. The van der Waals surface area contributed by atoms with Gasteiger partial charge in [0.1, 0.15) is 6.20 Å². The summed E-state index contributed by atoms with van der Waals surface area (Å²) in [6, 6.07) is 0. The first-order valence-electron chi connectivity index (χ1n) is 8.50. The number of anilines is 1. The second-order valence-corrected chi connectivity index (χ2v) is 7.35. The first-order chi connectivity index (χ1) is 12.1. The van der Waals surface area contributed by atoms with Gasteiger partial charge in [0.2, 0.25) is 5.82 Å². The summed E-state index contributed by atoms with van der Waals surface area (Å²) in [5, 5.41) is 23.5. The number of thiazole rings is 1. The summed E-state index contributed by atoms with van der Waals surface area (Å²) < 4.78 is 7.08. The van der Waals surface area contributed by atoms with E-state index in [-0.39, 0.29) is 16.8 Å². The molecule has 0 saturated carbocycles.